The molecule has 8 nitrogen and oxygen atoms in total. The molecule has 1 amide bonds. The molecule has 0 heterocycles. The van der Waals surface area contributed by atoms with Crippen molar-refractivity contribution < 1.29 is 22.9 Å². The van der Waals surface area contributed by atoms with Crippen molar-refractivity contribution in [2.24, 2.45) is 0 Å². The number of carbonyl (C=O) groups is 1. The number of hydrogen-bond donors (Lipinski definition) is 0. The van der Waals surface area contributed by atoms with Gasteiger partial charge in [0.25, 0.3) is 11.6 Å². The van der Waals surface area contributed by atoms with E-state index < -0.39 is 26.4 Å². The minimum Gasteiger partial charge on any atom is -0.494 e. The highest BCUT2D eigenvalue weighted by Gasteiger charge is 2.21. The van der Waals surface area contributed by atoms with Crippen LogP contribution in [0.4, 0.5) is 5.69 Å². The largest absolute Gasteiger partial charge is 0.494 e. The summed E-state index contributed by atoms with van der Waals surface area (Å²) in [5.74, 6) is 0.198. The van der Waals surface area contributed by atoms with Gasteiger partial charge < -0.3 is 9.64 Å². The van der Waals surface area contributed by atoms with E-state index in [2.05, 4.69) is 0 Å². The lowest BCUT2D eigenvalue weighted by molar-refractivity contribution is -0.385. The number of benzene rings is 2. The molecule has 2 rings (SSSR count). The fraction of sp³-hybridized carbons (Fsp3) is 0.278. The molecule has 0 spiro atoms. The van der Waals surface area contributed by atoms with Crippen molar-refractivity contribution in [2.75, 3.05) is 19.9 Å². The molecule has 0 unspecified atom stereocenters. The molecule has 0 radical (unpaired) electrons. The zero-order chi connectivity index (χ0) is 20.2. The van der Waals surface area contributed by atoms with Gasteiger partial charge in [0.1, 0.15) is 5.75 Å². The number of hydrogen-bond acceptors (Lipinski definition) is 6. The number of nitrogens with zero attached hydrogens (tertiary/aromatic N) is 2. The lowest BCUT2D eigenvalue weighted by atomic mass is 10.1. The van der Waals surface area contributed by atoms with Crippen LogP contribution in [0, 0.1) is 10.1 Å². The Hall–Kier alpha value is -2.94. The zero-order valence-electron chi connectivity index (χ0n) is 15.2. The Morgan fingerprint density at radius 3 is 2.33 bits per heavy atom. The van der Waals surface area contributed by atoms with Crippen LogP contribution in [-0.4, -0.2) is 44.1 Å². The fourth-order valence-electron chi connectivity index (χ4n) is 2.45. The van der Waals surface area contributed by atoms with E-state index in [1.54, 1.807) is 12.1 Å². The first-order valence-electron chi connectivity index (χ1n) is 8.08. The Morgan fingerprint density at radius 1 is 1.19 bits per heavy atom. The molecule has 0 atom stereocenters. The third-order valence-corrected chi connectivity index (χ3v) is 4.87. The summed E-state index contributed by atoms with van der Waals surface area (Å²) in [7, 11) is -2.16. The van der Waals surface area contributed by atoms with E-state index in [0.29, 0.717) is 12.4 Å². The molecule has 0 bridgehead atoms. The van der Waals surface area contributed by atoms with Crippen LogP contribution >= 0.6 is 0 Å². The lowest BCUT2D eigenvalue weighted by Crippen LogP contribution is -2.26. The summed E-state index contributed by atoms with van der Waals surface area (Å²) < 4.78 is 28.9. The Balaban J connectivity index is 2.27. The normalized spacial score (nSPS) is 11.1. The number of ether oxygens (including phenoxy) is 1. The highest BCUT2D eigenvalue weighted by atomic mass is 32.2. The summed E-state index contributed by atoms with van der Waals surface area (Å²) >= 11 is 0. The van der Waals surface area contributed by atoms with Crippen molar-refractivity contribution in [3.63, 3.8) is 0 Å². The number of amides is 1. The maximum absolute atomic E-state index is 12.7. The van der Waals surface area contributed by atoms with Crippen molar-refractivity contribution in [3.05, 3.63) is 63.7 Å². The Bertz CT molecular complexity index is 954. The molecular weight excluding hydrogens is 372 g/mol. The van der Waals surface area contributed by atoms with Crippen LogP contribution in [0.5, 0.6) is 5.75 Å². The van der Waals surface area contributed by atoms with Crippen molar-refractivity contribution in [1.29, 1.82) is 0 Å². The van der Waals surface area contributed by atoms with Crippen LogP contribution in [0.2, 0.25) is 0 Å². The first-order valence-corrected chi connectivity index (χ1v) is 9.97. The van der Waals surface area contributed by atoms with E-state index in [0.717, 1.165) is 30.0 Å². The minimum atomic E-state index is -3.70. The fourth-order valence-corrected chi connectivity index (χ4v) is 3.13. The van der Waals surface area contributed by atoms with E-state index in [9.17, 15) is 23.3 Å². The molecule has 0 aliphatic rings. The topological polar surface area (TPSA) is 107 Å². The molecule has 0 saturated carbocycles. The second kappa shape index (κ2) is 8.17. The lowest BCUT2D eigenvalue weighted by Gasteiger charge is -2.18. The van der Waals surface area contributed by atoms with Crippen molar-refractivity contribution in [3.8, 4) is 5.75 Å². The molecule has 27 heavy (non-hydrogen) atoms. The number of non-ortho nitro benzene ring substituents is 1. The molecule has 0 aliphatic carbocycles. The monoisotopic (exact) mass is 392 g/mol. The van der Waals surface area contributed by atoms with Crippen LogP contribution in [0.1, 0.15) is 22.8 Å². The molecule has 0 aromatic heterocycles. The molecule has 2 aromatic carbocycles. The van der Waals surface area contributed by atoms with E-state index >= 15 is 0 Å². The molecule has 144 valence electrons. The number of carbonyl (C=O) groups excluding carboxylic acids is 1. The highest BCUT2D eigenvalue weighted by Crippen LogP contribution is 2.22. The van der Waals surface area contributed by atoms with Crippen LogP contribution in [0.25, 0.3) is 0 Å². The summed E-state index contributed by atoms with van der Waals surface area (Å²) in [5, 5.41) is 11.1. The molecule has 0 N–H and O–H groups in total. The number of nitro groups is 1. The number of rotatable bonds is 7. The Labute approximate surface area is 157 Å². The van der Waals surface area contributed by atoms with Gasteiger partial charge >= 0.3 is 0 Å². The first kappa shape index (κ1) is 20.4. The van der Waals surface area contributed by atoms with Gasteiger partial charge in [-0.25, -0.2) is 8.42 Å². The molecule has 9 heteroatoms. The Morgan fingerprint density at radius 2 is 1.81 bits per heavy atom. The Kier molecular flexibility index (Phi) is 6.17. The van der Waals surface area contributed by atoms with Crippen LogP contribution < -0.4 is 4.74 Å². The SMILES string of the molecule is CCOc1ccc(CN(C)C(=O)c2cc([N+](=O)[O-])cc(S(C)(=O)=O)c2)cc1. The average Bonchev–Trinajstić information content (AvgIpc) is 2.61. The third-order valence-electron chi connectivity index (χ3n) is 3.78. The van der Waals surface area contributed by atoms with E-state index in [4.69, 9.17) is 4.74 Å². The van der Waals surface area contributed by atoms with Gasteiger partial charge in [0, 0.05) is 37.5 Å². The summed E-state index contributed by atoms with van der Waals surface area (Å²) in [6.45, 7) is 2.68. The van der Waals surface area contributed by atoms with Gasteiger partial charge in [-0.15, -0.1) is 0 Å². The van der Waals surface area contributed by atoms with E-state index in [1.807, 2.05) is 19.1 Å². The van der Waals surface area contributed by atoms with Gasteiger partial charge in [-0.05, 0) is 30.7 Å². The predicted octanol–water partition coefficient (Wildman–Crippen LogP) is 2.67. The molecule has 0 saturated heterocycles. The maximum Gasteiger partial charge on any atom is 0.271 e. The van der Waals surface area contributed by atoms with Gasteiger partial charge in [0.05, 0.1) is 16.4 Å². The van der Waals surface area contributed by atoms with Crippen molar-refractivity contribution in [2.45, 2.75) is 18.4 Å². The zero-order valence-corrected chi connectivity index (χ0v) is 16.0. The molecular formula is C18H20N2O6S. The summed E-state index contributed by atoms with van der Waals surface area (Å²) in [4.78, 5) is 24.1. The van der Waals surface area contributed by atoms with Gasteiger partial charge in [-0.2, -0.15) is 0 Å². The number of sulfone groups is 1. The molecule has 2 aromatic rings. The van der Waals surface area contributed by atoms with Crippen LogP contribution in [-0.2, 0) is 16.4 Å². The van der Waals surface area contributed by atoms with Crippen molar-refractivity contribution in [1.82, 2.24) is 4.90 Å². The highest BCUT2D eigenvalue weighted by molar-refractivity contribution is 7.90. The standard InChI is InChI=1S/C18H20N2O6S/c1-4-26-16-7-5-13(6-8-16)12-19(2)18(21)14-9-15(20(22)23)11-17(10-14)27(3,24)25/h5-11H,4,12H2,1-3H3. The minimum absolute atomic E-state index is 0.0574. The predicted molar refractivity (Wildman–Crippen MR) is 99.6 cm³/mol. The van der Waals surface area contributed by atoms with Gasteiger partial charge in [-0.1, -0.05) is 12.1 Å². The average molecular weight is 392 g/mol. The van der Waals surface area contributed by atoms with Gasteiger partial charge in [0.2, 0.25) is 0 Å². The van der Waals surface area contributed by atoms with Crippen LogP contribution in [0.15, 0.2) is 47.4 Å². The van der Waals surface area contributed by atoms with Crippen LogP contribution in [0.3, 0.4) is 0 Å². The smallest absolute Gasteiger partial charge is 0.271 e. The first-order chi connectivity index (χ1) is 12.6. The van der Waals surface area contributed by atoms with E-state index in [1.165, 1.54) is 11.9 Å². The summed E-state index contributed by atoms with van der Waals surface area (Å²) in [6.07, 6.45) is 0.934. The molecule has 0 aliphatic heterocycles. The third kappa shape index (κ3) is 5.27. The van der Waals surface area contributed by atoms with Gasteiger partial charge in [0.15, 0.2) is 9.84 Å². The summed E-state index contributed by atoms with van der Waals surface area (Å²) in [6, 6.07) is 10.4. The summed E-state index contributed by atoms with van der Waals surface area (Å²) in [5.41, 5.74) is 0.330. The van der Waals surface area contributed by atoms with Crippen molar-refractivity contribution >= 4 is 21.4 Å². The van der Waals surface area contributed by atoms with Gasteiger partial charge in [-0.3, -0.25) is 14.9 Å². The maximum atomic E-state index is 12.7. The van der Waals surface area contributed by atoms with E-state index in [-0.39, 0.29) is 17.0 Å². The molecule has 0 fully saturated rings. The number of nitro benzene ring substituents is 1. The quantitative estimate of drug-likeness (QED) is 0.530. The second-order valence-corrected chi connectivity index (χ2v) is 8.00. The second-order valence-electron chi connectivity index (χ2n) is 5.98.